The number of aryl methyl sites for hydroxylation is 1. The normalized spacial score (nSPS) is 23.4. The van der Waals surface area contributed by atoms with Gasteiger partial charge in [0.25, 0.3) is 0 Å². The van der Waals surface area contributed by atoms with Crippen LogP contribution in [0.5, 0.6) is 0 Å². The Balaban J connectivity index is 1.69. The molecule has 6 heteroatoms. The maximum Gasteiger partial charge on any atom is 0.248 e. The van der Waals surface area contributed by atoms with Crippen molar-refractivity contribution in [1.82, 2.24) is 16.2 Å². The van der Waals surface area contributed by atoms with Crippen molar-refractivity contribution < 1.29 is 4.79 Å². The van der Waals surface area contributed by atoms with Gasteiger partial charge in [0.1, 0.15) is 0 Å². The fourth-order valence-corrected chi connectivity index (χ4v) is 4.05. The molecule has 0 aliphatic heterocycles. The fraction of sp³-hybridized carbons (Fsp3) is 0.556. The summed E-state index contributed by atoms with van der Waals surface area (Å²) in [4.78, 5) is 13.1. The second-order valence-corrected chi connectivity index (χ2v) is 8.00. The number of hydrogen-bond donors (Lipinski definition) is 3. The Labute approximate surface area is 154 Å². The quantitative estimate of drug-likeness (QED) is 0.434. The van der Waals surface area contributed by atoms with Gasteiger partial charge < -0.3 is 5.32 Å². The molecule has 1 fully saturated rings. The topological polar surface area (TPSA) is 53.2 Å². The summed E-state index contributed by atoms with van der Waals surface area (Å²) in [5.74, 6) is 1.57. The Morgan fingerprint density at radius 1 is 1.25 bits per heavy atom. The van der Waals surface area contributed by atoms with Crippen LogP contribution in [0.15, 0.2) is 29.2 Å². The molecule has 1 amide bonds. The monoisotopic (exact) mass is 365 g/mol. The smallest absolute Gasteiger partial charge is 0.248 e. The molecule has 1 aromatic carbocycles. The van der Waals surface area contributed by atoms with E-state index in [1.165, 1.54) is 30.2 Å². The highest BCUT2D eigenvalue weighted by molar-refractivity contribution is 8.00. The van der Waals surface area contributed by atoms with E-state index < -0.39 is 0 Å². The van der Waals surface area contributed by atoms with Crippen molar-refractivity contribution in [1.29, 1.82) is 0 Å². The van der Waals surface area contributed by atoms with Gasteiger partial charge in [0.2, 0.25) is 5.91 Å². The second-order valence-electron chi connectivity index (χ2n) is 6.57. The van der Waals surface area contributed by atoms with Crippen LogP contribution in [0, 0.1) is 18.8 Å². The summed E-state index contributed by atoms with van der Waals surface area (Å²) < 4.78 is 0. The lowest BCUT2D eigenvalue weighted by Crippen LogP contribution is -2.52. The molecular formula is C18H27N3OS2. The number of hydrazine groups is 1. The van der Waals surface area contributed by atoms with Gasteiger partial charge in [-0.15, -0.1) is 11.8 Å². The Morgan fingerprint density at radius 2 is 2.00 bits per heavy atom. The maximum atomic E-state index is 12.0. The largest absolute Gasteiger partial charge is 0.358 e. The number of carbonyl (C=O) groups is 1. The van der Waals surface area contributed by atoms with Crippen LogP contribution >= 0.6 is 24.0 Å². The van der Waals surface area contributed by atoms with E-state index in [1.807, 2.05) is 31.2 Å². The molecule has 1 aliphatic rings. The van der Waals surface area contributed by atoms with Gasteiger partial charge >= 0.3 is 0 Å². The number of carbonyl (C=O) groups excluding carboxylic acids is 1. The van der Waals surface area contributed by atoms with Gasteiger partial charge in [0, 0.05) is 10.9 Å². The summed E-state index contributed by atoms with van der Waals surface area (Å²) in [7, 11) is 0. The predicted molar refractivity (Wildman–Crippen MR) is 105 cm³/mol. The molecule has 0 bridgehead atoms. The number of hydrogen-bond acceptors (Lipinski definition) is 3. The first-order valence-corrected chi connectivity index (χ1v) is 9.90. The standard InChI is InChI=1S/C18H27N3OS2/c1-12-8-6-9-15(14(12)3)19-18(23)21-20-17(22)11-24-16-10-5-4-7-13(16)2/h4-5,7,10,12,14-15H,6,8-9,11H2,1-3H3,(H,20,22)(H2,19,21,23)/t12-,14+,15-/m1/s1. The molecule has 0 spiro atoms. The van der Waals surface area contributed by atoms with Crippen molar-refractivity contribution in [2.45, 2.75) is 51.0 Å². The third-order valence-corrected chi connectivity index (χ3v) is 6.19. The van der Waals surface area contributed by atoms with E-state index in [4.69, 9.17) is 12.2 Å². The van der Waals surface area contributed by atoms with Crippen LogP contribution in [0.1, 0.15) is 38.7 Å². The van der Waals surface area contributed by atoms with Gasteiger partial charge in [-0.05, 0) is 49.0 Å². The fourth-order valence-electron chi connectivity index (χ4n) is 3.01. The third-order valence-electron chi connectivity index (χ3n) is 4.79. The number of thioether (sulfide) groups is 1. The zero-order chi connectivity index (χ0) is 17.5. The highest BCUT2D eigenvalue weighted by Gasteiger charge is 2.27. The molecule has 4 nitrogen and oxygen atoms in total. The lowest BCUT2D eigenvalue weighted by Gasteiger charge is -2.35. The molecule has 0 radical (unpaired) electrons. The lowest BCUT2D eigenvalue weighted by atomic mass is 9.78. The summed E-state index contributed by atoms with van der Waals surface area (Å²) >= 11 is 6.83. The molecule has 1 saturated carbocycles. The van der Waals surface area contributed by atoms with Crippen molar-refractivity contribution in [3.05, 3.63) is 29.8 Å². The highest BCUT2D eigenvalue weighted by atomic mass is 32.2. The highest BCUT2D eigenvalue weighted by Crippen LogP contribution is 2.29. The summed E-state index contributed by atoms with van der Waals surface area (Å²) in [6.45, 7) is 6.60. The minimum Gasteiger partial charge on any atom is -0.358 e. The molecule has 0 aromatic heterocycles. The SMILES string of the molecule is Cc1ccccc1SCC(=O)NNC(=S)N[C@@H]1CCC[C@@H](C)[C@@H]1C. The minimum atomic E-state index is -0.0857. The molecule has 0 saturated heterocycles. The Morgan fingerprint density at radius 3 is 2.75 bits per heavy atom. The summed E-state index contributed by atoms with van der Waals surface area (Å²) in [5.41, 5.74) is 6.68. The van der Waals surface area contributed by atoms with Gasteiger partial charge in [0.15, 0.2) is 5.11 Å². The van der Waals surface area contributed by atoms with E-state index in [0.29, 0.717) is 28.7 Å². The molecule has 24 heavy (non-hydrogen) atoms. The molecule has 132 valence electrons. The van der Waals surface area contributed by atoms with Crippen molar-refractivity contribution in [2.75, 3.05) is 5.75 Å². The number of nitrogens with one attached hydrogen (secondary N) is 3. The number of amides is 1. The van der Waals surface area contributed by atoms with Gasteiger partial charge in [-0.2, -0.15) is 0 Å². The van der Waals surface area contributed by atoms with Crippen molar-refractivity contribution >= 4 is 35.0 Å². The molecule has 0 heterocycles. The van der Waals surface area contributed by atoms with Crippen LogP contribution in [-0.2, 0) is 4.79 Å². The van der Waals surface area contributed by atoms with Crippen LogP contribution in [-0.4, -0.2) is 22.8 Å². The van der Waals surface area contributed by atoms with E-state index in [-0.39, 0.29) is 5.91 Å². The van der Waals surface area contributed by atoms with Gasteiger partial charge in [-0.3, -0.25) is 15.6 Å². The minimum absolute atomic E-state index is 0.0857. The van der Waals surface area contributed by atoms with Crippen molar-refractivity contribution in [2.24, 2.45) is 11.8 Å². The molecule has 1 aromatic rings. The first-order chi connectivity index (χ1) is 11.5. The third kappa shape index (κ3) is 5.67. The van der Waals surface area contributed by atoms with Crippen LogP contribution < -0.4 is 16.2 Å². The molecule has 3 atom stereocenters. The van der Waals surface area contributed by atoms with Crippen molar-refractivity contribution in [3.8, 4) is 0 Å². The summed E-state index contributed by atoms with van der Waals surface area (Å²) in [6.07, 6.45) is 3.64. The van der Waals surface area contributed by atoms with E-state index in [1.54, 1.807) is 0 Å². The Kier molecular flexibility index (Phi) is 7.37. The maximum absolute atomic E-state index is 12.0. The van der Waals surface area contributed by atoms with E-state index in [2.05, 4.69) is 30.0 Å². The number of thiocarbonyl (C=S) groups is 1. The predicted octanol–water partition coefficient (Wildman–Crippen LogP) is 3.41. The molecule has 2 rings (SSSR count). The lowest BCUT2D eigenvalue weighted by molar-refractivity contribution is -0.119. The summed E-state index contributed by atoms with van der Waals surface area (Å²) in [6, 6.07) is 8.43. The average Bonchev–Trinajstić information content (AvgIpc) is 2.56. The Hall–Kier alpha value is -1.27. The molecular weight excluding hydrogens is 338 g/mol. The van der Waals surface area contributed by atoms with Crippen LogP contribution in [0.2, 0.25) is 0 Å². The summed E-state index contributed by atoms with van der Waals surface area (Å²) in [5, 5.41) is 3.83. The number of rotatable bonds is 4. The van der Waals surface area contributed by atoms with Crippen LogP contribution in [0.4, 0.5) is 0 Å². The second kappa shape index (κ2) is 9.28. The molecule has 0 unspecified atom stereocenters. The Bertz CT molecular complexity index is 579. The van der Waals surface area contributed by atoms with E-state index in [0.717, 1.165) is 11.3 Å². The van der Waals surface area contributed by atoms with Gasteiger partial charge in [-0.1, -0.05) is 44.9 Å². The zero-order valence-electron chi connectivity index (χ0n) is 14.6. The van der Waals surface area contributed by atoms with E-state index in [9.17, 15) is 4.79 Å². The first kappa shape index (κ1) is 19.1. The van der Waals surface area contributed by atoms with Crippen LogP contribution in [0.3, 0.4) is 0 Å². The van der Waals surface area contributed by atoms with E-state index >= 15 is 0 Å². The van der Waals surface area contributed by atoms with Crippen LogP contribution in [0.25, 0.3) is 0 Å². The first-order valence-electron chi connectivity index (χ1n) is 8.51. The number of benzene rings is 1. The molecule has 1 aliphatic carbocycles. The van der Waals surface area contributed by atoms with Gasteiger partial charge in [0.05, 0.1) is 5.75 Å². The average molecular weight is 366 g/mol. The van der Waals surface area contributed by atoms with Crippen molar-refractivity contribution in [3.63, 3.8) is 0 Å². The van der Waals surface area contributed by atoms with Gasteiger partial charge in [-0.25, -0.2) is 0 Å². The zero-order valence-corrected chi connectivity index (χ0v) is 16.2. The molecule has 3 N–H and O–H groups in total.